The number of nitrogens with zero attached hydrogens (tertiary/aromatic N) is 3. The lowest BCUT2D eigenvalue weighted by molar-refractivity contribution is 0.0512. The van der Waals surface area contributed by atoms with Crippen LogP contribution < -0.4 is 0 Å². The first kappa shape index (κ1) is 11.8. The number of esters is 1. The van der Waals surface area contributed by atoms with Crippen molar-refractivity contribution in [3.8, 4) is 11.4 Å². The van der Waals surface area contributed by atoms with E-state index in [0.29, 0.717) is 12.4 Å². The molecule has 2 aromatic heterocycles. The molecule has 6 heteroatoms. The third-order valence-corrected chi connectivity index (χ3v) is 3.18. The van der Waals surface area contributed by atoms with E-state index in [1.54, 1.807) is 30.0 Å². The van der Waals surface area contributed by atoms with E-state index in [2.05, 4.69) is 10.1 Å². The Morgan fingerprint density at radius 2 is 2.29 bits per heavy atom. The Morgan fingerprint density at radius 3 is 2.88 bits per heavy atom. The maximum Gasteiger partial charge on any atom is 0.378 e. The minimum absolute atomic E-state index is 0.106. The van der Waals surface area contributed by atoms with Crippen LogP contribution in [0.5, 0.6) is 0 Å². The summed E-state index contributed by atoms with van der Waals surface area (Å²) < 4.78 is 6.47. The van der Waals surface area contributed by atoms with Crippen molar-refractivity contribution >= 4 is 17.3 Å². The van der Waals surface area contributed by atoms with Crippen molar-refractivity contribution in [3.05, 3.63) is 22.1 Å². The largest absolute Gasteiger partial charge is 0.460 e. The van der Waals surface area contributed by atoms with Gasteiger partial charge in [0.25, 0.3) is 5.82 Å². The second kappa shape index (κ2) is 4.67. The smallest absolute Gasteiger partial charge is 0.378 e. The molecule has 0 fully saturated rings. The Hall–Kier alpha value is -1.69. The minimum Gasteiger partial charge on any atom is -0.460 e. The fourth-order valence-electron chi connectivity index (χ4n) is 1.49. The summed E-state index contributed by atoms with van der Waals surface area (Å²) in [5.74, 6) is 0.309. The highest BCUT2D eigenvalue weighted by molar-refractivity contribution is 7.08. The molecule has 0 saturated carbocycles. The van der Waals surface area contributed by atoms with Gasteiger partial charge >= 0.3 is 5.97 Å². The number of carbonyl (C=O) groups excluding carboxylic acids is 1. The molecular weight excluding hydrogens is 238 g/mol. The predicted molar refractivity (Wildman–Crippen MR) is 65.0 cm³/mol. The summed E-state index contributed by atoms with van der Waals surface area (Å²) in [6.07, 6.45) is 0. The summed E-state index contributed by atoms with van der Waals surface area (Å²) in [5, 5.41) is 8.09. The van der Waals surface area contributed by atoms with Crippen molar-refractivity contribution in [2.45, 2.75) is 13.8 Å². The Kier molecular flexibility index (Phi) is 3.23. The Balaban J connectivity index is 2.38. The zero-order valence-corrected chi connectivity index (χ0v) is 10.7. The van der Waals surface area contributed by atoms with Gasteiger partial charge in [-0.2, -0.15) is 11.3 Å². The summed E-state index contributed by atoms with van der Waals surface area (Å²) in [7, 11) is 1.77. The van der Waals surface area contributed by atoms with Gasteiger partial charge in [0.1, 0.15) is 0 Å². The van der Waals surface area contributed by atoms with Crippen LogP contribution in [-0.4, -0.2) is 27.3 Å². The summed E-state index contributed by atoms with van der Waals surface area (Å²) in [4.78, 5) is 15.7. The van der Waals surface area contributed by atoms with Crippen molar-refractivity contribution in [2.24, 2.45) is 7.05 Å². The van der Waals surface area contributed by atoms with Crippen LogP contribution in [0.25, 0.3) is 11.4 Å². The van der Waals surface area contributed by atoms with E-state index in [1.165, 1.54) is 0 Å². The van der Waals surface area contributed by atoms with Gasteiger partial charge in [0, 0.05) is 18.0 Å². The quantitative estimate of drug-likeness (QED) is 0.783. The molecule has 0 N–H and O–H groups in total. The monoisotopic (exact) mass is 251 g/mol. The van der Waals surface area contributed by atoms with Gasteiger partial charge in [0.2, 0.25) is 0 Å². The molecule has 0 radical (unpaired) electrons. The van der Waals surface area contributed by atoms with Crippen LogP contribution >= 0.6 is 11.3 Å². The van der Waals surface area contributed by atoms with Crippen molar-refractivity contribution in [2.75, 3.05) is 6.61 Å². The first-order chi connectivity index (χ1) is 8.13. The molecule has 0 saturated heterocycles. The van der Waals surface area contributed by atoms with Crippen molar-refractivity contribution in [3.63, 3.8) is 0 Å². The van der Waals surface area contributed by atoms with Gasteiger partial charge in [-0.25, -0.2) is 14.5 Å². The Bertz CT molecular complexity index is 545. The van der Waals surface area contributed by atoms with Gasteiger partial charge in [0.05, 0.1) is 6.61 Å². The lowest BCUT2D eigenvalue weighted by Gasteiger charge is -1.97. The molecular formula is C11H13N3O2S. The fourth-order valence-corrected chi connectivity index (χ4v) is 2.32. The van der Waals surface area contributed by atoms with E-state index < -0.39 is 5.97 Å². The number of rotatable bonds is 3. The molecule has 0 aromatic carbocycles. The molecule has 5 nitrogen and oxygen atoms in total. The number of thiophene rings is 1. The molecule has 0 amide bonds. The second-order valence-electron chi connectivity index (χ2n) is 3.57. The zero-order chi connectivity index (χ0) is 12.4. The van der Waals surface area contributed by atoms with E-state index in [9.17, 15) is 4.79 Å². The number of hydrogen-bond acceptors (Lipinski definition) is 5. The van der Waals surface area contributed by atoms with Gasteiger partial charge in [-0.1, -0.05) is 0 Å². The van der Waals surface area contributed by atoms with Gasteiger partial charge in [0.15, 0.2) is 5.82 Å². The van der Waals surface area contributed by atoms with Crippen LogP contribution in [0.4, 0.5) is 0 Å². The van der Waals surface area contributed by atoms with Crippen molar-refractivity contribution in [1.82, 2.24) is 14.8 Å². The Morgan fingerprint density at radius 1 is 1.53 bits per heavy atom. The number of aryl methyl sites for hydroxylation is 2. The highest BCUT2D eigenvalue weighted by atomic mass is 32.1. The predicted octanol–water partition coefficient (Wildman–Crippen LogP) is 2.03. The third-order valence-electron chi connectivity index (χ3n) is 2.32. The number of carbonyl (C=O) groups is 1. The highest BCUT2D eigenvalue weighted by Crippen LogP contribution is 2.24. The maximum absolute atomic E-state index is 11.5. The normalized spacial score (nSPS) is 10.5. The molecule has 0 bridgehead atoms. The van der Waals surface area contributed by atoms with Crippen molar-refractivity contribution < 1.29 is 9.53 Å². The number of aromatic nitrogens is 3. The highest BCUT2D eigenvalue weighted by Gasteiger charge is 2.17. The van der Waals surface area contributed by atoms with Crippen LogP contribution in [0.1, 0.15) is 23.1 Å². The molecule has 0 spiro atoms. The fraction of sp³-hybridized carbons (Fsp3) is 0.364. The molecule has 0 aliphatic carbocycles. The lowest BCUT2D eigenvalue weighted by atomic mass is 10.2. The molecule has 90 valence electrons. The second-order valence-corrected chi connectivity index (χ2v) is 4.32. The van der Waals surface area contributed by atoms with Crippen LogP contribution in [0.3, 0.4) is 0 Å². The third kappa shape index (κ3) is 2.21. The summed E-state index contributed by atoms with van der Waals surface area (Å²) in [6.45, 7) is 4.08. The summed E-state index contributed by atoms with van der Waals surface area (Å²) in [5.41, 5.74) is 2.13. The summed E-state index contributed by atoms with van der Waals surface area (Å²) in [6, 6.07) is 0. The van der Waals surface area contributed by atoms with Gasteiger partial charge in [-0.15, -0.1) is 5.10 Å². The van der Waals surface area contributed by atoms with Crippen LogP contribution in [-0.2, 0) is 11.8 Å². The average Bonchev–Trinajstić information content (AvgIpc) is 2.85. The van der Waals surface area contributed by atoms with E-state index >= 15 is 0 Å². The Labute approximate surface area is 103 Å². The van der Waals surface area contributed by atoms with Crippen LogP contribution in [0.2, 0.25) is 0 Å². The van der Waals surface area contributed by atoms with Crippen molar-refractivity contribution in [1.29, 1.82) is 0 Å². The number of ether oxygens (including phenoxy) is 1. The SMILES string of the molecule is CCOC(=O)c1nc(-c2cscc2C)n(C)n1. The molecule has 2 heterocycles. The van der Waals surface area contributed by atoms with Crippen LogP contribution in [0.15, 0.2) is 10.8 Å². The van der Waals surface area contributed by atoms with E-state index in [0.717, 1.165) is 11.1 Å². The lowest BCUT2D eigenvalue weighted by Crippen LogP contribution is -2.07. The number of hydrogen-bond donors (Lipinski definition) is 0. The molecule has 0 atom stereocenters. The van der Waals surface area contributed by atoms with Gasteiger partial charge < -0.3 is 4.74 Å². The standard InChI is InChI=1S/C11H13N3O2S/c1-4-16-11(15)9-12-10(14(3)13-9)8-6-17-5-7(8)2/h5-6H,4H2,1-3H3. The first-order valence-electron chi connectivity index (χ1n) is 5.24. The molecule has 0 aliphatic rings. The maximum atomic E-state index is 11.5. The summed E-state index contributed by atoms with van der Waals surface area (Å²) >= 11 is 1.60. The van der Waals surface area contributed by atoms with E-state index in [-0.39, 0.29) is 5.82 Å². The zero-order valence-electron chi connectivity index (χ0n) is 9.93. The molecule has 2 rings (SSSR count). The topological polar surface area (TPSA) is 57.0 Å². The van der Waals surface area contributed by atoms with E-state index in [1.807, 2.05) is 17.7 Å². The van der Waals surface area contributed by atoms with Gasteiger partial charge in [-0.3, -0.25) is 0 Å². The minimum atomic E-state index is -0.484. The van der Waals surface area contributed by atoms with E-state index in [4.69, 9.17) is 4.74 Å². The van der Waals surface area contributed by atoms with Crippen LogP contribution in [0, 0.1) is 6.92 Å². The van der Waals surface area contributed by atoms with Gasteiger partial charge in [-0.05, 0) is 24.8 Å². The molecule has 0 aliphatic heterocycles. The average molecular weight is 251 g/mol. The molecule has 2 aromatic rings. The molecule has 17 heavy (non-hydrogen) atoms. The first-order valence-corrected chi connectivity index (χ1v) is 6.19. The molecule has 0 unspecified atom stereocenters.